The van der Waals surface area contributed by atoms with Crippen molar-refractivity contribution in [1.29, 1.82) is 0 Å². The Hall–Kier alpha value is -2.45. The molecular formula is C22H23ClF3NO4. The highest BCUT2D eigenvalue weighted by atomic mass is 35.5. The maximum atomic E-state index is 14.3. The smallest absolute Gasteiger partial charge is 0.422 e. The summed E-state index contributed by atoms with van der Waals surface area (Å²) < 4.78 is 54.5. The minimum Gasteiger partial charge on any atom is -0.488 e. The maximum Gasteiger partial charge on any atom is 0.422 e. The molecule has 1 heterocycles. The van der Waals surface area contributed by atoms with Crippen LogP contribution >= 0.6 is 11.6 Å². The highest BCUT2D eigenvalue weighted by molar-refractivity contribution is 6.31. The second kappa shape index (κ2) is 7.60. The molecule has 3 aromatic rings. The second-order valence-corrected chi connectivity index (χ2v) is 8.90. The lowest BCUT2D eigenvalue weighted by atomic mass is 9.77. The van der Waals surface area contributed by atoms with Crippen LogP contribution in [-0.2, 0) is 12.6 Å². The maximum absolute atomic E-state index is 14.3. The molecule has 0 spiro atoms. The highest BCUT2D eigenvalue weighted by Gasteiger charge is 2.59. The van der Waals surface area contributed by atoms with E-state index in [4.69, 9.17) is 20.8 Å². The standard InChI is InChI=1S/C22H23ClF3NO4/c1-12(15-8-7-14(11-16(15)23)31-20(2,3)4)21(29,22(24,25)26)13-6-9-18-17(10-13)27(5)19(28)30-18/h6-12,29H,1-5H3. The number of oxazole rings is 1. The molecule has 0 bridgehead atoms. The molecule has 1 aromatic heterocycles. The summed E-state index contributed by atoms with van der Waals surface area (Å²) in [5.74, 6) is -1.78. The number of alkyl halides is 3. The van der Waals surface area contributed by atoms with Crippen molar-refractivity contribution in [3.8, 4) is 5.75 Å². The summed E-state index contributed by atoms with van der Waals surface area (Å²) in [6, 6.07) is 7.80. The van der Waals surface area contributed by atoms with Gasteiger partial charge < -0.3 is 14.3 Å². The summed E-state index contributed by atoms with van der Waals surface area (Å²) >= 11 is 6.30. The second-order valence-electron chi connectivity index (χ2n) is 8.49. The lowest BCUT2D eigenvalue weighted by Gasteiger charge is -2.37. The average molecular weight is 458 g/mol. The Morgan fingerprint density at radius 2 is 1.77 bits per heavy atom. The van der Waals surface area contributed by atoms with Crippen molar-refractivity contribution in [2.24, 2.45) is 7.05 Å². The molecule has 0 aliphatic rings. The van der Waals surface area contributed by atoms with Crippen molar-refractivity contribution in [1.82, 2.24) is 4.57 Å². The summed E-state index contributed by atoms with van der Waals surface area (Å²) in [6.07, 6.45) is -5.04. The molecule has 168 valence electrons. The molecular weight excluding hydrogens is 435 g/mol. The molecule has 0 fully saturated rings. The lowest BCUT2D eigenvalue weighted by molar-refractivity contribution is -0.274. The van der Waals surface area contributed by atoms with Gasteiger partial charge in [0.15, 0.2) is 11.2 Å². The fourth-order valence-electron chi connectivity index (χ4n) is 3.52. The Morgan fingerprint density at radius 1 is 1.13 bits per heavy atom. The number of aryl methyl sites for hydroxylation is 1. The quantitative estimate of drug-likeness (QED) is 0.560. The molecule has 0 aliphatic carbocycles. The predicted octanol–water partition coefficient (Wildman–Crippen LogP) is 5.52. The van der Waals surface area contributed by atoms with Crippen LogP contribution in [0.4, 0.5) is 13.2 Å². The molecule has 31 heavy (non-hydrogen) atoms. The number of benzene rings is 2. The third kappa shape index (κ3) is 4.19. The van der Waals surface area contributed by atoms with Crippen LogP contribution in [0.5, 0.6) is 5.75 Å². The van der Waals surface area contributed by atoms with Crippen molar-refractivity contribution in [3.05, 3.63) is 63.1 Å². The molecule has 3 rings (SSSR count). The average Bonchev–Trinajstić information content (AvgIpc) is 2.92. The Bertz CT molecular complexity index is 1180. The number of fused-ring (bicyclic) bond motifs is 1. The lowest BCUT2D eigenvalue weighted by Crippen LogP contribution is -2.46. The predicted molar refractivity (Wildman–Crippen MR) is 112 cm³/mol. The minimum absolute atomic E-state index is 0.0358. The monoisotopic (exact) mass is 457 g/mol. The van der Waals surface area contributed by atoms with E-state index in [0.717, 1.165) is 16.7 Å². The Labute approximate surface area is 182 Å². The van der Waals surface area contributed by atoms with Gasteiger partial charge in [-0.05, 0) is 56.2 Å². The van der Waals surface area contributed by atoms with E-state index in [-0.39, 0.29) is 21.7 Å². The van der Waals surface area contributed by atoms with E-state index in [0.29, 0.717) is 5.75 Å². The summed E-state index contributed by atoms with van der Waals surface area (Å²) in [6.45, 7) is 6.75. The number of hydrogen-bond acceptors (Lipinski definition) is 4. The van der Waals surface area contributed by atoms with E-state index in [2.05, 4.69) is 0 Å². The summed E-state index contributed by atoms with van der Waals surface area (Å²) in [4.78, 5) is 11.7. The van der Waals surface area contributed by atoms with E-state index >= 15 is 0 Å². The van der Waals surface area contributed by atoms with Crippen molar-refractivity contribution in [2.75, 3.05) is 0 Å². The van der Waals surface area contributed by atoms with Crippen LogP contribution in [0.15, 0.2) is 45.6 Å². The van der Waals surface area contributed by atoms with E-state index < -0.39 is 34.6 Å². The first kappa shape index (κ1) is 23.2. The van der Waals surface area contributed by atoms with Crippen LogP contribution in [0, 0.1) is 0 Å². The molecule has 9 heteroatoms. The van der Waals surface area contributed by atoms with Crippen LogP contribution < -0.4 is 10.5 Å². The van der Waals surface area contributed by atoms with Crippen molar-refractivity contribution >= 4 is 22.7 Å². The van der Waals surface area contributed by atoms with Gasteiger partial charge in [0.05, 0.1) is 5.52 Å². The van der Waals surface area contributed by atoms with Gasteiger partial charge in [0.25, 0.3) is 0 Å². The Balaban J connectivity index is 2.13. The molecule has 0 saturated carbocycles. The van der Waals surface area contributed by atoms with Gasteiger partial charge in [-0.15, -0.1) is 0 Å². The number of rotatable bonds is 4. The van der Waals surface area contributed by atoms with Gasteiger partial charge in [-0.25, -0.2) is 4.79 Å². The number of nitrogens with zero attached hydrogens (tertiary/aromatic N) is 1. The largest absolute Gasteiger partial charge is 0.488 e. The molecule has 0 amide bonds. The molecule has 5 nitrogen and oxygen atoms in total. The van der Waals surface area contributed by atoms with Crippen molar-refractivity contribution < 1.29 is 27.4 Å². The van der Waals surface area contributed by atoms with Crippen LogP contribution in [0.1, 0.15) is 44.7 Å². The SMILES string of the molecule is CC(c1ccc(OC(C)(C)C)cc1Cl)C(O)(c1ccc2oc(=O)n(C)c2c1)C(F)(F)F. The molecule has 1 N–H and O–H groups in total. The van der Waals surface area contributed by atoms with Crippen LogP contribution in [0.25, 0.3) is 11.1 Å². The minimum atomic E-state index is -5.04. The zero-order chi connectivity index (χ0) is 23.4. The van der Waals surface area contributed by atoms with Gasteiger partial charge >= 0.3 is 11.9 Å². The van der Waals surface area contributed by atoms with Crippen LogP contribution in [0.2, 0.25) is 5.02 Å². The third-order valence-electron chi connectivity index (χ3n) is 5.15. The topological polar surface area (TPSA) is 64.6 Å². The summed E-state index contributed by atoms with van der Waals surface area (Å²) in [7, 11) is 1.37. The molecule has 0 saturated heterocycles. The Kier molecular flexibility index (Phi) is 5.69. The van der Waals surface area contributed by atoms with Crippen molar-refractivity contribution in [2.45, 2.75) is 51.0 Å². The zero-order valence-corrected chi connectivity index (χ0v) is 18.4. The first-order valence-electron chi connectivity index (χ1n) is 9.53. The highest BCUT2D eigenvalue weighted by Crippen LogP contribution is 2.50. The first-order valence-corrected chi connectivity index (χ1v) is 9.90. The first-order chi connectivity index (χ1) is 14.1. The molecule has 2 aromatic carbocycles. The van der Waals surface area contributed by atoms with Gasteiger partial charge in [0.2, 0.25) is 0 Å². The van der Waals surface area contributed by atoms with E-state index in [9.17, 15) is 23.1 Å². The van der Waals surface area contributed by atoms with Crippen LogP contribution in [-0.4, -0.2) is 21.5 Å². The van der Waals surface area contributed by atoms with E-state index in [1.54, 1.807) is 0 Å². The zero-order valence-electron chi connectivity index (χ0n) is 17.7. The fourth-order valence-corrected chi connectivity index (χ4v) is 3.86. The van der Waals surface area contributed by atoms with Gasteiger partial charge in [0.1, 0.15) is 11.4 Å². The summed E-state index contributed by atoms with van der Waals surface area (Å²) in [5.41, 5.74) is -3.86. The summed E-state index contributed by atoms with van der Waals surface area (Å²) in [5, 5.41) is 11.1. The molecule has 0 radical (unpaired) electrons. The molecule has 2 atom stereocenters. The van der Waals surface area contributed by atoms with Crippen molar-refractivity contribution in [3.63, 3.8) is 0 Å². The number of ether oxygens (including phenoxy) is 1. The van der Waals surface area contributed by atoms with E-state index in [1.807, 2.05) is 20.8 Å². The number of aliphatic hydroxyl groups is 1. The number of aromatic nitrogens is 1. The van der Waals surface area contributed by atoms with Gasteiger partial charge in [-0.3, -0.25) is 4.57 Å². The number of hydrogen-bond donors (Lipinski definition) is 1. The van der Waals surface area contributed by atoms with E-state index in [1.165, 1.54) is 38.2 Å². The Morgan fingerprint density at radius 3 is 2.32 bits per heavy atom. The fraction of sp³-hybridized carbons (Fsp3) is 0.409. The van der Waals surface area contributed by atoms with Gasteiger partial charge in [-0.2, -0.15) is 13.2 Å². The molecule has 0 aliphatic heterocycles. The number of halogens is 4. The third-order valence-corrected chi connectivity index (χ3v) is 5.48. The van der Waals surface area contributed by atoms with Gasteiger partial charge in [0, 0.05) is 18.0 Å². The van der Waals surface area contributed by atoms with Gasteiger partial charge in [-0.1, -0.05) is 30.7 Å². The molecule has 2 unspecified atom stereocenters. The normalized spacial score (nSPS) is 15.7. The van der Waals surface area contributed by atoms with Crippen LogP contribution in [0.3, 0.4) is 0 Å².